The van der Waals surface area contributed by atoms with Crippen molar-refractivity contribution < 1.29 is 33.1 Å². The molecule has 1 aromatic carbocycles. The molecule has 3 N–H and O–H groups in total. The molecule has 208 valence electrons. The molecule has 3 unspecified atom stereocenters. The van der Waals surface area contributed by atoms with Gasteiger partial charge < -0.3 is 30.0 Å². The standard InChI is InChI=1S/C26H41N3O7S/c1-26(2)17-35-25(19-6-8-20(34-3)9-7-19)36-22(26)24(32)27-13-10-21(30)23(31)28-16-18-11-14-29(15-12-18)37(4,5)33/h6-9,18,21-22,25,30H,10-17H2,1-5H3,(H-,27,28,31,32)/p+1. The van der Waals surface area contributed by atoms with Gasteiger partial charge in [0, 0.05) is 37.2 Å². The molecule has 0 aromatic heterocycles. The number of aliphatic hydroxyl groups excluding tert-OH is 1. The third kappa shape index (κ3) is 8.22. The molecule has 2 heterocycles. The van der Waals surface area contributed by atoms with E-state index in [2.05, 4.69) is 10.6 Å². The predicted molar refractivity (Wildman–Crippen MR) is 141 cm³/mol. The Labute approximate surface area is 221 Å². The van der Waals surface area contributed by atoms with Crippen molar-refractivity contribution in [1.82, 2.24) is 14.9 Å². The second kappa shape index (κ2) is 12.7. The molecule has 2 aliphatic rings. The van der Waals surface area contributed by atoms with Gasteiger partial charge in [-0.1, -0.05) is 30.2 Å². The molecule has 2 aliphatic heterocycles. The van der Waals surface area contributed by atoms with Crippen molar-refractivity contribution >= 4 is 21.9 Å². The van der Waals surface area contributed by atoms with Crippen LogP contribution in [0.4, 0.5) is 0 Å². The number of hydrogen-bond donors (Lipinski definition) is 3. The monoisotopic (exact) mass is 540 g/mol. The summed E-state index contributed by atoms with van der Waals surface area (Å²) in [5.41, 5.74) is 0.228. The highest BCUT2D eigenvalue weighted by Gasteiger charge is 2.43. The van der Waals surface area contributed by atoms with Crippen LogP contribution < -0.4 is 15.4 Å². The number of aliphatic hydroxyl groups is 1. The number of nitrogens with zero attached hydrogens (tertiary/aromatic N) is 1. The van der Waals surface area contributed by atoms with Crippen molar-refractivity contribution in [3.05, 3.63) is 29.8 Å². The molecule has 1 aromatic rings. The molecule has 0 bridgehead atoms. The molecule has 37 heavy (non-hydrogen) atoms. The highest BCUT2D eigenvalue weighted by atomic mass is 32.3. The van der Waals surface area contributed by atoms with E-state index in [-0.39, 0.29) is 18.9 Å². The van der Waals surface area contributed by atoms with E-state index in [1.807, 2.05) is 30.3 Å². The Hall–Kier alpha value is -2.05. The fraction of sp³-hybridized carbons (Fsp3) is 0.692. The first-order valence-corrected chi connectivity index (χ1v) is 15.1. The van der Waals surface area contributed by atoms with Gasteiger partial charge in [-0.15, -0.1) is 4.31 Å². The molecule has 0 radical (unpaired) electrons. The highest BCUT2D eigenvalue weighted by Crippen LogP contribution is 2.37. The molecule has 2 saturated heterocycles. The van der Waals surface area contributed by atoms with Crippen molar-refractivity contribution in [3.63, 3.8) is 0 Å². The topological polar surface area (TPSA) is 126 Å². The minimum absolute atomic E-state index is 0.0926. The van der Waals surface area contributed by atoms with Gasteiger partial charge in [0.25, 0.3) is 0 Å². The number of benzene rings is 1. The van der Waals surface area contributed by atoms with Crippen LogP contribution in [0.3, 0.4) is 0 Å². The maximum absolute atomic E-state index is 13.0. The molecule has 0 aliphatic carbocycles. The predicted octanol–water partition coefficient (Wildman–Crippen LogP) is 1.50. The Morgan fingerprint density at radius 3 is 2.43 bits per heavy atom. The summed E-state index contributed by atoms with van der Waals surface area (Å²) in [6.45, 7) is 6.22. The van der Waals surface area contributed by atoms with Crippen LogP contribution in [0.15, 0.2) is 24.3 Å². The molecule has 2 fully saturated rings. The summed E-state index contributed by atoms with van der Waals surface area (Å²) in [4.78, 5) is 25.3. The van der Waals surface area contributed by atoms with Crippen molar-refractivity contribution in [1.29, 1.82) is 0 Å². The van der Waals surface area contributed by atoms with Crippen molar-refractivity contribution in [2.75, 3.05) is 52.4 Å². The summed E-state index contributed by atoms with van der Waals surface area (Å²) < 4.78 is 31.2. The molecule has 10 nitrogen and oxygen atoms in total. The third-order valence-electron chi connectivity index (χ3n) is 6.98. The van der Waals surface area contributed by atoms with Gasteiger partial charge in [-0.05, 0) is 37.3 Å². The molecular weight excluding hydrogens is 498 g/mol. The van der Waals surface area contributed by atoms with Crippen LogP contribution >= 0.6 is 0 Å². The van der Waals surface area contributed by atoms with Gasteiger partial charge in [0.1, 0.15) is 30.5 Å². The summed E-state index contributed by atoms with van der Waals surface area (Å²) in [5, 5.41) is 15.9. The SMILES string of the molecule is COc1ccc(C2OCC(C)(C)C(C(=O)NCCC(O)C(=O)NCC3CCN([S+](C)(C)=O)CC3)O2)cc1. The quantitative estimate of drug-likeness (QED) is 0.384. The number of carbonyl (C=O) groups excluding carboxylic acids is 2. The van der Waals surface area contributed by atoms with Gasteiger partial charge in [-0.25, -0.2) is 0 Å². The van der Waals surface area contributed by atoms with E-state index in [1.54, 1.807) is 31.8 Å². The lowest BCUT2D eigenvalue weighted by Crippen LogP contribution is -2.52. The van der Waals surface area contributed by atoms with Gasteiger partial charge in [0.2, 0.25) is 11.8 Å². The Balaban J connectivity index is 1.41. The van der Waals surface area contributed by atoms with E-state index in [0.29, 0.717) is 24.8 Å². The van der Waals surface area contributed by atoms with Crippen molar-refractivity contribution in [3.8, 4) is 5.75 Å². The number of amides is 2. The normalized spacial score (nSPS) is 23.7. The molecule has 11 heteroatoms. The molecule has 3 rings (SSSR count). The number of nitrogens with one attached hydrogen (secondary N) is 2. The maximum atomic E-state index is 13.0. The van der Waals surface area contributed by atoms with E-state index in [1.165, 1.54) is 0 Å². The van der Waals surface area contributed by atoms with Crippen molar-refractivity contribution in [2.24, 2.45) is 11.3 Å². The number of methoxy groups -OCH3 is 1. The van der Waals surface area contributed by atoms with Crippen LogP contribution in [0, 0.1) is 11.3 Å². The lowest BCUT2D eigenvalue weighted by molar-refractivity contribution is -0.258. The van der Waals surface area contributed by atoms with E-state index in [9.17, 15) is 18.9 Å². The van der Waals surface area contributed by atoms with Crippen LogP contribution in [0.2, 0.25) is 0 Å². The number of hydrogen-bond acceptors (Lipinski definition) is 7. The zero-order chi connectivity index (χ0) is 27.2. The van der Waals surface area contributed by atoms with Crippen LogP contribution in [-0.2, 0) is 33.4 Å². The average Bonchev–Trinajstić information content (AvgIpc) is 2.86. The van der Waals surface area contributed by atoms with Gasteiger partial charge in [0.15, 0.2) is 16.4 Å². The molecule has 3 atom stereocenters. The van der Waals surface area contributed by atoms with Gasteiger partial charge in [0.05, 0.1) is 13.7 Å². The van der Waals surface area contributed by atoms with E-state index in [0.717, 1.165) is 31.5 Å². The Kier molecular flexibility index (Phi) is 10.1. The smallest absolute Gasteiger partial charge is 0.249 e. The van der Waals surface area contributed by atoms with Crippen LogP contribution in [0.1, 0.15) is 45.0 Å². The maximum Gasteiger partial charge on any atom is 0.249 e. The zero-order valence-electron chi connectivity index (χ0n) is 22.5. The number of carbonyl (C=O) groups is 2. The summed E-state index contributed by atoms with van der Waals surface area (Å²) >= 11 is 0. The fourth-order valence-electron chi connectivity index (χ4n) is 4.54. The van der Waals surface area contributed by atoms with Gasteiger partial charge >= 0.3 is 0 Å². The minimum Gasteiger partial charge on any atom is -0.497 e. The van der Waals surface area contributed by atoms with Crippen LogP contribution in [-0.4, -0.2) is 85.8 Å². The largest absolute Gasteiger partial charge is 0.497 e. The Morgan fingerprint density at radius 2 is 1.84 bits per heavy atom. The number of ether oxygens (including phenoxy) is 3. The Morgan fingerprint density at radius 1 is 1.19 bits per heavy atom. The van der Waals surface area contributed by atoms with Crippen LogP contribution in [0.5, 0.6) is 5.75 Å². The van der Waals surface area contributed by atoms with E-state index in [4.69, 9.17) is 14.2 Å². The first-order valence-electron chi connectivity index (χ1n) is 12.7. The number of rotatable bonds is 10. The molecule has 2 amide bonds. The second-order valence-corrected chi connectivity index (χ2v) is 13.7. The molecule has 0 spiro atoms. The summed E-state index contributed by atoms with van der Waals surface area (Å²) in [6, 6.07) is 7.28. The highest BCUT2D eigenvalue weighted by molar-refractivity contribution is 7.99. The van der Waals surface area contributed by atoms with Crippen LogP contribution in [0.25, 0.3) is 0 Å². The molecule has 0 saturated carbocycles. The lowest BCUT2D eigenvalue weighted by Gasteiger charge is -2.41. The van der Waals surface area contributed by atoms with Gasteiger partial charge in [-0.3, -0.25) is 9.59 Å². The number of piperidine rings is 1. The lowest BCUT2D eigenvalue weighted by atomic mass is 9.85. The van der Waals surface area contributed by atoms with Crippen molar-refractivity contribution in [2.45, 2.75) is 51.6 Å². The zero-order valence-corrected chi connectivity index (χ0v) is 23.3. The average molecular weight is 541 g/mol. The summed E-state index contributed by atoms with van der Waals surface area (Å²) in [5.74, 6) is 0.245. The van der Waals surface area contributed by atoms with Gasteiger partial charge in [-0.2, -0.15) is 0 Å². The fourth-order valence-corrected chi connectivity index (χ4v) is 5.63. The first-order chi connectivity index (χ1) is 17.4. The third-order valence-corrected chi connectivity index (χ3v) is 8.59. The second-order valence-electron chi connectivity index (χ2n) is 10.8. The summed E-state index contributed by atoms with van der Waals surface area (Å²) in [7, 11) is -0.354. The van der Waals surface area contributed by atoms with E-state index < -0.39 is 39.9 Å². The minimum atomic E-state index is -1.95. The Bertz CT molecular complexity index is 957. The van der Waals surface area contributed by atoms with E-state index >= 15 is 0 Å². The molecular formula is C26H42N3O7S+. The first kappa shape index (κ1) is 29.5. The summed E-state index contributed by atoms with van der Waals surface area (Å²) in [6.07, 6.45) is 2.63.